The lowest BCUT2D eigenvalue weighted by atomic mass is 10.0. The van der Waals surface area contributed by atoms with Crippen molar-refractivity contribution in [2.24, 2.45) is 5.73 Å². The zero-order valence-electron chi connectivity index (χ0n) is 10.6. The van der Waals surface area contributed by atoms with Crippen LogP contribution in [-0.2, 0) is 0 Å². The highest BCUT2D eigenvalue weighted by molar-refractivity contribution is 7.99. The molecule has 0 saturated heterocycles. The van der Waals surface area contributed by atoms with Crippen LogP contribution in [-0.4, -0.2) is 5.75 Å². The SMILES string of the molecule is Cc1cc(F)ccc1C(N)CSc1cccc(F)c1. The highest BCUT2D eigenvalue weighted by Gasteiger charge is 2.10. The van der Waals surface area contributed by atoms with Crippen LogP contribution in [0.4, 0.5) is 8.78 Å². The Morgan fingerprint density at radius 1 is 1.11 bits per heavy atom. The number of rotatable bonds is 4. The maximum absolute atomic E-state index is 13.0. The van der Waals surface area contributed by atoms with Crippen molar-refractivity contribution in [2.75, 3.05) is 5.75 Å². The third-order valence-electron chi connectivity index (χ3n) is 2.86. The molecule has 0 aromatic heterocycles. The summed E-state index contributed by atoms with van der Waals surface area (Å²) in [4.78, 5) is 0.843. The number of hydrogen-bond donors (Lipinski definition) is 1. The Hall–Kier alpha value is -1.39. The lowest BCUT2D eigenvalue weighted by Gasteiger charge is -2.14. The number of halogens is 2. The zero-order chi connectivity index (χ0) is 13.8. The van der Waals surface area contributed by atoms with Crippen LogP contribution >= 0.6 is 11.8 Å². The van der Waals surface area contributed by atoms with Crippen LogP contribution in [0.3, 0.4) is 0 Å². The molecule has 4 heteroatoms. The van der Waals surface area contributed by atoms with E-state index < -0.39 is 0 Å². The molecule has 2 aromatic carbocycles. The summed E-state index contributed by atoms with van der Waals surface area (Å²) < 4.78 is 26.1. The van der Waals surface area contributed by atoms with Crippen molar-refractivity contribution in [1.82, 2.24) is 0 Å². The maximum atomic E-state index is 13.0. The van der Waals surface area contributed by atoms with Gasteiger partial charge < -0.3 is 5.73 Å². The quantitative estimate of drug-likeness (QED) is 0.854. The fourth-order valence-corrected chi connectivity index (χ4v) is 2.81. The molecule has 100 valence electrons. The number of hydrogen-bond acceptors (Lipinski definition) is 2. The minimum absolute atomic E-state index is 0.200. The topological polar surface area (TPSA) is 26.0 Å². The van der Waals surface area contributed by atoms with E-state index in [2.05, 4.69) is 0 Å². The maximum Gasteiger partial charge on any atom is 0.124 e. The molecule has 0 amide bonds. The summed E-state index contributed by atoms with van der Waals surface area (Å²) in [5, 5.41) is 0. The van der Waals surface area contributed by atoms with E-state index in [1.165, 1.54) is 36.0 Å². The van der Waals surface area contributed by atoms with Crippen molar-refractivity contribution >= 4 is 11.8 Å². The predicted octanol–water partition coefficient (Wildman–Crippen LogP) is 4.07. The van der Waals surface area contributed by atoms with Gasteiger partial charge in [0.25, 0.3) is 0 Å². The first-order chi connectivity index (χ1) is 9.06. The van der Waals surface area contributed by atoms with Gasteiger partial charge in [0.05, 0.1) is 0 Å². The Bertz CT molecular complexity index is 572. The fourth-order valence-electron chi connectivity index (χ4n) is 1.89. The van der Waals surface area contributed by atoms with Gasteiger partial charge in [-0.25, -0.2) is 8.78 Å². The molecule has 0 aliphatic carbocycles. The van der Waals surface area contributed by atoms with Gasteiger partial charge in [-0.05, 0) is 48.4 Å². The normalized spacial score (nSPS) is 12.4. The second kappa shape index (κ2) is 6.17. The summed E-state index contributed by atoms with van der Waals surface area (Å²) >= 11 is 1.49. The van der Waals surface area contributed by atoms with E-state index >= 15 is 0 Å². The third kappa shape index (κ3) is 3.78. The van der Waals surface area contributed by atoms with E-state index in [0.29, 0.717) is 5.75 Å². The molecule has 2 N–H and O–H groups in total. The molecule has 1 atom stereocenters. The first-order valence-electron chi connectivity index (χ1n) is 5.96. The van der Waals surface area contributed by atoms with Crippen molar-refractivity contribution in [3.05, 3.63) is 65.2 Å². The molecule has 0 fully saturated rings. The molecule has 0 radical (unpaired) electrons. The van der Waals surface area contributed by atoms with Crippen LogP contribution in [0.2, 0.25) is 0 Å². The first-order valence-corrected chi connectivity index (χ1v) is 6.95. The van der Waals surface area contributed by atoms with Crippen molar-refractivity contribution in [1.29, 1.82) is 0 Å². The lowest BCUT2D eigenvalue weighted by Crippen LogP contribution is -2.14. The largest absolute Gasteiger partial charge is 0.323 e. The van der Waals surface area contributed by atoms with Gasteiger partial charge in [-0.15, -0.1) is 11.8 Å². The summed E-state index contributed by atoms with van der Waals surface area (Å²) in [6.45, 7) is 1.84. The van der Waals surface area contributed by atoms with Crippen molar-refractivity contribution in [3.63, 3.8) is 0 Å². The van der Waals surface area contributed by atoms with Gasteiger partial charge in [-0.2, -0.15) is 0 Å². The van der Waals surface area contributed by atoms with Crippen molar-refractivity contribution < 1.29 is 8.78 Å². The average molecular weight is 279 g/mol. The average Bonchev–Trinajstić information content (AvgIpc) is 2.36. The highest BCUT2D eigenvalue weighted by atomic mass is 32.2. The summed E-state index contributed by atoms with van der Waals surface area (Å²) in [6.07, 6.45) is 0. The molecule has 1 nitrogen and oxygen atoms in total. The van der Waals surface area contributed by atoms with E-state index in [0.717, 1.165) is 16.0 Å². The second-order valence-corrected chi connectivity index (χ2v) is 5.47. The van der Waals surface area contributed by atoms with E-state index in [9.17, 15) is 8.78 Å². The zero-order valence-corrected chi connectivity index (χ0v) is 11.4. The summed E-state index contributed by atoms with van der Waals surface area (Å²) in [5.74, 6) is 0.110. The van der Waals surface area contributed by atoms with Crippen molar-refractivity contribution in [3.8, 4) is 0 Å². The smallest absolute Gasteiger partial charge is 0.124 e. The van der Waals surface area contributed by atoms with E-state index in [4.69, 9.17) is 5.73 Å². The van der Waals surface area contributed by atoms with Gasteiger partial charge in [0.2, 0.25) is 0 Å². The van der Waals surface area contributed by atoms with Gasteiger partial charge in [0, 0.05) is 16.7 Å². The Morgan fingerprint density at radius 3 is 2.53 bits per heavy atom. The van der Waals surface area contributed by atoms with Gasteiger partial charge in [-0.3, -0.25) is 0 Å². The standard InChI is InChI=1S/C15H15F2NS/c1-10-7-12(17)5-6-14(10)15(18)9-19-13-4-2-3-11(16)8-13/h2-8,15H,9,18H2,1H3. The molecule has 2 aromatic rings. The minimum Gasteiger partial charge on any atom is -0.323 e. The van der Waals surface area contributed by atoms with Crippen molar-refractivity contribution in [2.45, 2.75) is 17.9 Å². The highest BCUT2D eigenvalue weighted by Crippen LogP contribution is 2.25. The molecular weight excluding hydrogens is 264 g/mol. The van der Waals surface area contributed by atoms with E-state index in [1.807, 2.05) is 13.0 Å². The number of aryl methyl sites for hydroxylation is 1. The Morgan fingerprint density at radius 2 is 1.84 bits per heavy atom. The Labute approximate surface area is 115 Å². The van der Waals surface area contributed by atoms with Gasteiger partial charge >= 0.3 is 0 Å². The van der Waals surface area contributed by atoms with Crippen LogP contribution in [0.25, 0.3) is 0 Å². The molecule has 0 saturated carbocycles. The molecule has 0 aliphatic rings. The number of benzene rings is 2. The minimum atomic E-state index is -0.258. The third-order valence-corrected chi connectivity index (χ3v) is 3.97. The lowest BCUT2D eigenvalue weighted by molar-refractivity contribution is 0.623. The summed E-state index contributed by atoms with van der Waals surface area (Å²) in [6, 6.07) is 10.8. The fraction of sp³-hybridized carbons (Fsp3) is 0.200. The second-order valence-electron chi connectivity index (χ2n) is 4.38. The molecule has 0 heterocycles. The summed E-state index contributed by atoms with van der Waals surface area (Å²) in [7, 11) is 0. The molecular formula is C15H15F2NS. The Kier molecular flexibility index (Phi) is 4.56. The first kappa shape index (κ1) is 14.0. The number of nitrogens with two attached hydrogens (primary N) is 1. The molecule has 2 rings (SSSR count). The van der Waals surface area contributed by atoms with Gasteiger partial charge in [-0.1, -0.05) is 12.1 Å². The molecule has 0 spiro atoms. The van der Waals surface area contributed by atoms with Gasteiger partial charge in [0.15, 0.2) is 0 Å². The van der Waals surface area contributed by atoms with Crippen LogP contribution < -0.4 is 5.73 Å². The van der Waals surface area contributed by atoms with Gasteiger partial charge in [0.1, 0.15) is 11.6 Å². The van der Waals surface area contributed by atoms with Crippen LogP contribution in [0, 0.1) is 18.6 Å². The molecule has 1 unspecified atom stereocenters. The molecule has 19 heavy (non-hydrogen) atoms. The molecule has 0 aliphatic heterocycles. The Balaban J connectivity index is 2.03. The van der Waals surface area contributed by atoms with Crippen LogP contribution in [0.5, 0.6) is 0 Å². The van der Waals surface area contributed by atoms with Crippen LogP contribution in [0.1, 0.15) is 17.2 Å². The molecule has 0 bridgehead atoms. The number of thioether (sulfide) groups is 1. The van der Waals surface area contributed by atoms with E-state index in [-0.39, 0.29) is 17.7 Å². The van der Waals surface area contributed by atoms with E-state index in [1.54, 1.807) is 12.1 Å². The summed E-state index contributed by atoms with van der Waals surface area (Å²) in [5.41, 5.74) is 7.86. The predicted molar refractivity (Wildman–Crippen MR) is 75.2 cm³/mol. The monoisotopic (exact) mass is 279 g/mol. The van der Waals surface area contributed by atoms with Crippen LogP contribution in [0.15, 0.2) is 47.4 Å².